The van der Waals surface area contributed by atoms with Crippen LogP contribution in [-0.4, -0.2) is 59.3 Å². The summed E-state index contributed by atoms with van der Waals surface area (Å²) < 4.78 is 10.3. The molecule has 1 aliphatic heterocycles. The summed E-state index contributed by atoms with van der Waals surface area (Å²) >= 11 is 4.19. The summed E-state index contributed by atoms with van der Waals surface area (Å²) in [5.41, 5.74) is -1.38. The van der Waals surface area contributed by atoms with E-state index in [1.54, 1.807) is 0 Å². The Morgan fingerprint density at radius 2 is 2.00 bits per heavy atom. The van der Waals surface area contributed by atoms with Crippen molar-refractivity contribution in [1.29, 1.82) is 0 Å². The maximum atomic E-state index is 11.8. The molecule has 2 rings (SSSR count). The summed E-state index contributed by atoms with van der Waals surface area (Å²) in [7, 11) is 0. The maximum absolute atomic E-state index is 11.8. The van der Waals surface area contributed by atoms with Crippen LogP contribution < -0.4 is 11.2 Å². The van der Waals surface area contributed by atoms with Gasteiger partial charge in [-0.1, -0.05) is 0 Å². The molecule has 0 spiro atoms. The van der Waals surface area contributed by atoms with E-state index in [0.717, 1.165) is 10.8 Å². The lowest BCUT2D eigenvalue weighted by Crippen LogP contribution is -2.40. The lowest BCUT2D eigenvalue weighted by molar-refractivity contribution is -0.158. The van der Waals surface area contributed by atoms with Gasteiger partial charge in [-0.25, -0.2) is 4.79 Å². The van der Waals surface area contributed by atoms with E-state index < -0.39 is 48.8 Å². The molecule has 0 amide bonds. The van der Waals surface area contributed by atoms with Gasteiger partial charge in [-0.2, -0.15) is 0 Å². The average Bonchev–Trinajstić information content (AvgIpc) is 2.69. The Labute approximate surface area is 133 Å². The summed E-state index contributed by atoms with van der Waals surface area (Å²) in [6.45, 7) is -2.83. The minimum absolute atomic E-state index is 0.149. The number of aliphatic hydroxyl groups excluding tert-OH is 3. The largest absolute Gasteiger partial charge is 0.387 e. The Hall–Kier alpha value is -0.950. The number of aromatic nitrogens is 2. The molecule has 1 aliphatic rings. The van der Waals surface area contributed by atoms with Crippen molar-refractivity contribution in [3.05, 3.63) is 32.6 Å². The summed E-state index contributed by atoms with van der Waals surface area (Å²) in [4.78, 5) is 43.1. The molecule has 13 heteroatoms. The van der Waals surface area contributed by atoms with E-state index in [0.29, 0.717) is 0 Å². The first-order valence-electron chi connectivity index (χ1n) is 6.27. The van der Waals surface area contributed by atoms with E-state index in [9.17, 15) is 24.9 Å². The Kier molecular flexibility index (Phi) is 5.21. The predicted octanol–water partition coefficient (Wildman–Crippen LogP) is -2.99. The van der Waals surface area contributed by atoms with Gasteiger partial charge in [-0.15, -0.1) is 0 Å². The highest BCUT2D eigenvalue weighted by molar-refractivity contribution is 8.06. The van der Waals surface area contributed by atoms with Crippen LogP contribution in [0.15, 0.2) is 15.8 Å². The van der Waals surface area contributed by atoms with Crippen molar-refractivity contribution in [3.8, 4) is 0 Å². The molecular formula is C10H15N2O9PS. The number of aryl methyl sites for hydroxylation is 1. The number of aromatic amines is 1. The van der Waals surface area contributed by atoms with Gasteiger partial charge >= 0.3 is 12.4 Å². The van der Waals surface area contributed by atoms with Crippen LogP contribution in [0.4, 0.5) is 0 Å². The molecular weight excluding hydrogens is 355 g/mol. The highest BCUT2D eigenvalue weighted by atomic mass is 32.5. The van der Waals surface area contributed by atoms with Crippen LogP contribution in [0.2, 0.25) is 0 Å². The van der Waals surface area contributed by atoms with E-state index in [1.165, 1.54) is 6.92 Å². The Balaban J connectivity index is 2.30. The number of hydrogen-bond acceptors (Lipinski definition) is 8. The first kappa shape index (κ1) is 18.4. The van der Waals surface area contributed by atoms with Gasteiger partial charge in [0.05, 0.1) is 0 Å². The quantitative estimate of drug-likeness (QED) is 0.237. The fourth-order valence-electron chi connectivity index (χ4n) is 2.13. The molecule has 0 radical (unpaired) electrons. The molecule has 3 unspecified atom stereocenters. The van der Waals surface area contributed by atoms with Crippen molar-refractivity contribution in [2.75, 3.05) is 0 Å². The smallest absolute Gasteiger partial charge is 0.330 e. The summed E-state index contributed by atoms with van der Waals surface area (Å²) in [5, 5.41) is 29.5. The molecule has 0 aliphatic carbocycles. The van der Waals surface area contributed by atoms with Crippen molar-refractivity contribution in [2.24, 2.45) is 0 Å². The molecule has 6 N–H and O–H groups in total. The number of ether oxygens (including phenoxy) is 1. The third-order valence-corrected chi connectivity index (χ3v) is 3.97. The molecule has 0 bridgehead atoms. The third kappa shape index (κ3) is 3.94. The zero-order valence-corrected chi connectivity index (χ0v) is 13.3. The molecule has 0 saturated carbocycles. The lowest BCUT2D eigenvalue weighted by atomic mass is 10.1. The standard InChI is InChI=1S/C10H15N2O9PS/c1-3-2-12(10(17)11-7(3)15)8-5(14)4(13)6(20-8)9(16)21-22(18,19)23/h2,4-6,8-9,13-14,16H,1H3,(H,11,15,17)(H2,18,19,23)/t4?,5?,6-,8+,9?/m0/s1. The van der Waals surface area contributed by atoms with Crippen molar-refractivity contribution >= 4 is 18.5 Å². The number of hydrogen-bond donors (Lipinski definition) is 6. The SMILES string of the molecule is Cc1cn([C@@H]2O[C@H](C(O)OP(O)(O)=S)C(O)C2O)c(=O)[nH]c1=O. The van der Waals surface area contributed by atoms with Gasteiger partial charge in [0, 0.05) is 11.8 Å². The third-order valence-electron chi connectivity index (χ3n) is 3.22. The highest BCUT2D eigenvalue weighted by Crippen LogP contribution is 2.41. The Morgan fingerprint density at radius 3 is 2.57 bits per heavy atom. The molecule has 130 valence electrons. The summed E-state index contributed by atoms with van der Waals surface area (Å²) in [5.74, 6) is 0. The van der Waals surface area contributed by atoms with Crippen molar-refractivity contribution in [1.82, 2.24) is 9.55 Å². The Bertz CT molecular complexity index is 743. The minimum atomic E-state index is -4.24. The monoisotopic (exact) mass is 370 g/mol. The van der Waals surface area contributed by atoms with Crippen LogP contribution in [0.1, 0.15) is 11.8 Å². The van der Waals surface area contributed by atoms with E-state index in [-0.39, 0.29) is 5.56 Å². The number of rotatable bonds is 4. The van der Waals surface area contributed by atoms with Crippen molar-refractivity contribution in [3.63, 3.8) is 0 Å². The van der Waals surface area contributed by atoms with Gasteiger partial charge in [0.25, 0.3) is 5.56 Å². The average molecular weight is 370 g/mol. The number of nitrogens with one attached hydrogen (secondary N) is 1. The summed E-state index contributed by atoms with van der Waals surface area (Å²) in [6.07, 6.45) is -7.35. The maximum Gasteiger partial charge on any atom is 0.330 e. The number of nitrogens with zero attached hydrogens (tertiary/aromatic N) is 1. The normalized spacial score (nSPS) is 29.7. The van der Waals surface area contributed by atoms with E-state index in [1.807, 2.05) is 4.98 Å². The van der Waals surface area contributed by atoms with Gasteiger partial charge in [-0.3, -0.25) is 18.9 Å². The first-order chi connectivity index (χ1) is 10.5. The van der Waals surface area contributed by atoms with Crippen molar-refractivity contribution in [2.45, 2.75) is 37.8 Å². The minimum Gasteiger partial charge on any atom is -0.387 e. The second-order valence-corrected chi connectivity index (χ2v) is 7.56. The van der Waals surface area contributed by atoms with Gasteiger partial charge in [0.15, 0.2) is 12.5 Å². The summed E-state index contributed by atoms with van der Waals surface area (Å²) in [6, 6.07) is 0. The number of H-pyrrole nitrogens is 1. The lowest BCUT2D eigenvalue weighted by Gasteiger charge is -2.22. The first-order valence-corrected chi connectivity index (χ1v) is 8.89. The molecule has 1 fully saturated rings. The topological polar surface area (TPSA) is 174 Å². The van der Waals surface area contributed by atoms with E-state index in [4.69, 9.17) is 14.5 Å². The second-order valence-electron chi connectivity index (χ2n) is 4.94. The predicted molar refractivity (Wildman–Crippen MR) is 77.8 cm³/mol. The van der Waals surface area contributed by atoms with Crippen LogP contribution in [0.25, 0.3) is 0 Å². The van der Waals surface area contributed by atoms with Gasteiger partial charge in [0.1, 0.15) is 18.3 Å². The Morgan fingerprint density at radius 1 is 1.39 bits per heavy atom. The highest BCUT2D eigenvalue weighted by Gasteiger charge is 2.48. The molecule has 23 heavy (non-hydrogen) atoms. The fourth-order valence-corrected chi connectivity index (χ4v) is 2.79. The van der Waals surface area contributed by atoms with Gasteiger partial charge in [-0.05, 0) is 18.7 Å². The van der Waals surface area contributed by atoms with Crippen LogP contribution in [0, 0.1) is 6.92 Å². The second kappa shape index (κ2) is 6.51. The molecule has 0 aromatic carbocycles. The van der Waals surface area contributed by atoms with Gasteiger partial charge < -0.3 is 29.8 Å². The molecule has 1 saturated heterocycles. The van der Waals surface area contributed by atoms with Crippen LogP contribution >= 0.6 is 6.72 Å². The molecule has 11 nitrogen and oxygen atoms in total. The van der Waals surface area contributed by atoms with Crippen LogP contribution in [0.5, 0.6) is 0 Å². The molecule has 5 atom stereocenters. The number of aliphatic hydroxyl groups is 3. The van der Waals surface area contributed by atoms with Crippen molar-refractivity contribution < 1.29 is 34.4 Å². The zero-order chi connectivity index (χ0) is 17.5. The fraction of sp³-hybridized carbons (Fsp3) is 0.600. The van der Waals surface area contributed by atoms with Crippen LogP contribution in [-0.2, 0) is 21.1 Å². The molecule has 2 heterocycles. The van der Waals surface area contributed by atoms with Gasteiger partial charge in [0.2, 0.25) is 0 Å². The molecule has 1 aromatic rings. The van der Waals surface area contributed by atoms with E-state index in [2.05, 4.69) is 16.3 Å². The van der Waals surface area contributed by atoms with Crippen LogP contribution in [0.3, 0.4) is 0 Å². The molecule has 1 aromatic heterocycles. The zero-order valence-electron chi connectivity index (χ0n) is 11.6. The van der Waals surface area contributed by atoms with E-state index >= 15 is 0 Å².